The molecule has 0 aliphatic carbocycles. The lowest BCUT2D eigenvalue weighted by Crippen LogP contribution is -2.49. The summed E-state index contributed by atoms with van der Waals surface area (Å²) in [6.07, 6.45) is 0.659. The van der Waals surface area contributed by atoms with Crippen LogP contribution in [0.1, 0.15) is 20.3 Å². The van der Waals surface area contributed by atoms with Crippen LogP contribution >= 0.6 is 0 Å². The van der Waals surface area contributed by atoms with Crippen LogP contribution in [-0.2, 0) is 4.79 Å². The first-order valence-electron chi connectivity index (χ1n) is 8.08. The van der Waals surface area contributed by atoms with E-state index in [0.29, 0.717) is 19.6 Å². The van der Waals surface area contributed by atoms with E-state index in [2.05, 4.69) is 10.2 Å². The molecule has 2 fully saturated rings. The number of carbonyl (C=O) groups is 2. The smallest absolute Gasteiger partial charge is 0.325 e. The Hall–Kier alpha value is -2.08. The SMILES string of the molecule is CC(C)N1C(=O)N[C@@]2(CCN(CCOc3ccccc3)C2)C1=O. The van der Waals surface area contributed by atoms with Gasteiger partial charge in [-0.15, -0.1) is 0 Å². The van der Waals surface area contributed by atoms with Crippen LogP contribution in [0.15, 0.2) is 30.3 Å². The van der Waals surface area contributed by atoms with Crippen LogP contribution in [0, 0.1) is 0 Å². The zero-order chi connectivity index (χ0) is 16.4. The van der Waals surface area contributed by atoms with Crippen LogP contribution in [0.5, 0.6) is 5.75 Å². The summed E-state index contributed by atoms with van der Waals surface area (Å²) in [5.41, 5.74) is -0.742. The fourth-order valence-electron chi connectivity index (χ4n) is 3.28. The Morgan fingerprint density at radius 1 is 1.26 bits per heavy atom. The summed E-state index contributed by atoms with van der Waals surface area (Å²) in [5.74, 6) is 0.751. The van der Waals surface area contributed by atoms with Gasteiger partial charge in [0.2, 0.25) is 0 Å². The number of ether oxygens (including phenoxy) is 1. The minimum atomic E-state index is -0.742. The number of hydrogen-bond donors (Lipinski definition) is 1. The molecule has 0 unspecified atom stereocenters. The monoisotopic (exact) mass is 317 g/mol. The quantitative estimate of drug-likeness (QED) is 0.836. The largest absolute Gasteiger partial charge is 0.492 e. The highest BCUT2D eigenvalue weighted by molar-refractivity contribution is 6.07. The van der Waals surface area contributed by atoms with Gasteiger partial charge in [-0.1, -0.05) is 18.2 Å². The topological polar surface area (TPSA) is 61.9 Å². The van der Waals surface area contributed by atoms with E-state index in [4.69, 9.17) is 4.74 Å². The third-order valence-electron chi connectivity index (χ3n) is 4.48. The van der Waals surface area contributed by atoms with Gasteiger partial charge in [-0.25, -0.2) is 4.79 Å². The molecule has 6 nitrogen and oxygen atoms in total. The number of amides is 3. The molecule has 0 saturated carbocycles. The Kier molecular flexibility index (Phi) is 4.26. The molecule has 1 aromatic carbocycles. The molecule has 0 bridgehead atoms. The fourth-order valence-corrected chi connectivity index (χ4v) is 3.28. The van der Waals surface area contributed by atoms with E-state index >= 15 is 0 Å². The molecule has 1 aromatic rings. The highest BCUT2D eigenvalue weighted by atomic mass is 16.5. The Bertz CT molecular complexity index is 590. The Balaban J connectivity index is 1.54. The molecule has 2 aliphatic heterocycles. The second kappa shape index (κ2) is 6.20. The number of benzene rings is 1. The maximum absolute atomic E-state index is 12.6. The van der Waals surface area contributed by atoms with E-state index in [0.717, 1.165) is 18.8 Å². The number of likely N-dealkylation sites (tertiary alicyclic amines) is 1. The van der Waals surface area contributed by atoms with Gasteiger partial charge >= 0.3 is 6.03 Å². The van der Waals surface area contributed by atoms with Crippen molar-refractivity contribution in [3.63, 3.8) is 0 Å². The molecule has 0 radical (unpaired) electrons. The van der Waals surface area contributed by atoms with Crippen molar-refractivity contribution in [2.24, 2.45) is 0 Å². The molecule has 1 spiro atoms. The summed E-state index contributed by atoms with van der Waals surface area (Å²) in [4.78, 5) is 28.2. The van der Waals surface area contributed by atoms with Crippen LogP contribution in [0.3, 0.4) is 0 Å². The standard InChI is InChI=1S/C17H23N3O3/c1-13(2)20-15(21)17(18-16(20)22)8-9-19(12-17)10-11-23-14-6-4-3-5-7-14/h3-7,13H,8-12H2,1-2H3,(H,18,22)/t17-/m1/s1. The summed E-state index contributed by atoms with van der Waals surface area (Å²) < 4.78 is 5.70. The van der Waals surface area contributed by atoms with Gasteiger partial charge < -0.3 is 10.1 Å². The Labute approximate surface area is 136 Å². The molecule has 23 heavy (non-hydrogen) atoms. The van der Waals surface area contributed by atoms with Gasteiger partial charge in [0.25, 0.3) is 5.91 Å². The van der Waals surface area contributed by atoms with E-state index in [1.54, 1.807) is 0 Å². The normalized spacial score (nSPS) is 24.7. The number of nitrogens with zero attached hydrogens (tertiary/aromatic N) is 2. The Morgan fingerprint density at radius 3 is 2.65 bits per heavy atom. The van der Waals surface area contributed by atoms with Gasteiger partial charge in [-0.3, -0.25) is 14.6 Å². The van der Waals surface area contributed by atoms with E-state index in [-0.39, 0.29) is 18.0 Å². The van der Waals surface area contributed by atoms with Crippen LogP contribution in [-0.4, -0.2) is 59.6 Å². The second-order valence-electron chi connectivity index (χ2n) is 6.47. The lowest BCUT2D eigenvalue weighted by molar-refractivity contribution is -0.132. The van der Waals surface area contributed by atoms with Gasteiger partial charge in [-0.2, -0.15) is 0 Å². The number of imide groups is 1. The minimum absolute atomic E-state index is 0.0935. The van der Waals surface area contributed by atoms with Crippen LogP contribution in [0.2, 0.25) is 0 Å². The highest BCUT2D eigenvalue weighted by Gasteiger charge is 2.55. The highest BCUT2D eigenvalue weighted by Crippen LogP contribution is 2.29. The second-order valence-corrected chi connectivity index (χ2v) is 6.47. The minimum Gasteiger partial charge on any atom is -0.492 e. The third kappa shape index (κ3) is 3.03. The van der Waals surface area contributed by atoms with Crippen molar-refractivity contribution < 1.29 is 14.3 Å². The third-order valence-corrected chi connectivity index (χ3v) is 4.48. The molecule has 6 heteroatoms. The first kappa shape index (κ1) is 15.8. The zero-order valence-electron chi connectivity index (χ0n) is 13.6. The van der Waals surface area contributed by atoms with E-state index < -0.39 is 5.54 Å². The number of urea groups is 1. The number of rotatable bonds is 5. The van der Waals surface area contributed by atoms with Crippen LogP contribution in [0.4, 0.5) is 4.79 Å². The van der Waals surface area contributed by atoms with Gasteiger partial charge in [0, 0.05) is 25.7 Å². The Morgan fingerprint density at radius 2 is 2.00 bits per heavy atom. The maximum atomic E-state index is 12.6. The molecule has 1 atom stereocenters. The molecule has 0 aromatic heterocycles. The lowest BCUT2D eigenvalue weighted by Gasteiger charge is -2.23. The number of hydrogen-bond acceptors (Lipinski definition) is 4. The molecule has 2 aliphatic rings. The van der Waals surface area contributed by atoms with Gasteiger partial charge in [0.1, 0.15) is 17.9 Å². The van der Waals surface area contributed by atoms with Crippen molar-refractivity contribution in [2.45, 2.75) is 31.8 Å². The molecule has 2 saturated heterocycles. The summed E-state index contributed by atoms with van der Waals surface area (Å²) in [6.45, 7) is 6.36. The predicted octanol–water partition coefficient (Wildman–Crippen LogP) is 1.47. The van der Waals surface area contributed by atoms with Crippen molar-refractivity contribution in [1.82, 2.24) is 15.1 Å². The van der Waals surface area contributed by atoms with Crippen molar-refractivity contribution in [3.05, 3.63) is 30.3 Å². The summed E-state index contributed by atoms with van der Waals surface area (Å²) in [7, 11) is 0. The zero-order valence-corrected chi connectivity index (χ0v) is 13.6. The van der Waals surface area contributed by atoms with Crippen molar-refractivity contribution in [2.75, 3.05) is 26.2 Å². The molecule has 3 amide bonds. The summed E-state index contributed by atoms with van der Waals surface area (Å²) in [6, 6.07) is 9.29. The van der Waals surface area contributed by atoms with Gasteiger partial charge in [0.15, 0.2) is 0 Å². The first-order chi connectivity index (χ1) is 11.0. The van der Waals surface area contributed by atoms with Gasteiger partial charge in [-0.05, 0) is 32.4 Å². The molecule has 3 rings (SSSR count). The summed E-state index contributed by atoms with van der Waals surface area (Å²) >= 11 is 0. The van der Waals surface area contributed by atoms with Crippen molar-refractivity contribution in [3.8, 4) is 5.75 Å². The number of para-hydroxylation sites is 1. The van der Waals surface area contributed by atoms with Crippen molar-refractivity contribution >= 4 is 11.9 Å². The predicted molar refractivity (Wildman–Crippen MR) is 86.2 cm³/mol. The maximum Gasteiger partial charge on any atom is 0.325 e. The molecule has 1 N–H and O–H groups in total. The molecular weight excluding hydrogens is 294 g/mol. The van der Waals surface area contributed by atoms with Crippen LogP contribution < -0.4 is 10.1 Å². The first-order valence-corrected chi connectivity index (χ1v) is 8.08. The van der Waals surface area contributed by atoms with Gasteiger partial charge in [0.05, 0.1) is 0 Å². The van der Waals surface area contributed by atoms with E-state index in [9.17, 15) is 9.59 Å². The average Bonchev–Trinajstić information content (AvgIpc) is 3.02. The molecular formula is C17H23N3O3. The fraction of sp³-hybridized carbons (Fsp3) is 0.529. The van der Waals surface area contributed by atoms with Crippen molar-refractivity contribution in [1.29, 1.82) is 0 Å². The van der Waals surface area contributed by atoms with Crippen LogP contribution in [0.25, 0.3) is 0 Å². The lowest BCUT2D eigenvalue weighted by atomic mass is 9.99. The molecule has 2 heterocycles. The molecule has 124 valence electrons. The van der Waals surface area contributed by atoms with E-state index in [1.807, 2.05) is 44.2 Å². The number of carbonyl (C=O) groups excluding carboxylic acids is 2. The summed E-state index contributed by atoms with van der Waals surface area (Å²) in [5, 5.41) is 2.90. The average molecular weight is 317 g/mol. The number of nitrogens with one attached hydrogen (secondary N) is 1. The van der Waals surface area contributed by atoms with E-state index in [1.165, 1.54) is 4.90 Å².